The lowest BCUT2D eigenvalue weighted by Crippen LogP contribution is -2.50. The molecule has 18 heavy (non-hydrogen) atoms. The number of hydrogen-bond donors (Lipinski definition) is 1. The fourth-order valence-electron chi connectivity index (χ4n) is 3.76. The maximum atomic E-state index is 12.9. The van der Waals surface area contributed by atoms with Crippen molar-refractivity contribution < 1.29 is 4.79 Å². The van der Waals surface area contributed by atoms with Crippen LogP contribution in [0.2, 0.25) is 0 Å². The molecule has 1 saturated heterocycles. The molecule has 2 N–H and O–H groups in total. The summed E-state index contributed by atoms with van der Waals surface area (Å²) in [6, 6.07) is 0.295. The van der Waals surface area contributed by atoms with E-state index in [1.807, 2.05) is 0 Å². The molecule has 3 heteroatoms. The second kappa shape index (κ2) is 6.05. The van der Waals surface area contributed by atoms with E-state index < -0.39 is 0 Å². The lowest BCUT2D eigenvalue weighted by Gasteiger charge is -2.37. The van der Waals surface area contributed by atoms with Gasteiger partial charge >= 0.3 is 0 Å². The zero-order chi connectivity index (χ0) is 13.0. The van der Waals surface area contributed by atoms with Gasteiger partial charge in [0.25, 0.3) is 0 Å². The molecule has 0 radical (unpaired) electrons. The van der Waals surface area contributed by atoms with Crippen molar-refractivity contribution in [1.82, 2.24) is 4.90 Å². The molecule has 0 spiro atoms. The predicted octanol–water partition coefficient (Wildman–Crippen LogP) is 2.69. The van der Waals surface area contributed by atoms with Gasteiger partial charge in [-0.1, -0.05) is 32.6 Å². The third-order valence-corrected chi connectivity index (χ3v) is 5.10. The van der Waals surface area contributed by atoms with Gasteiger partial charge < -0.3 is 10.6 Å². The van der Waals surface area contributed by atoms with Crippen LogP contribution in [-0.4, -0.2) is 29.9 Å². The minimum absolute atomic E-state index is 0.0439. The van der Waals surface area contributed by atoms with Crippen molar-refractivity contribution in [2.45, 2.75) is 70.8 Å². The molecule has 1 aliphatic carbocycles. The van der Waals surface area contributed by atoms with Gasteiger partial charge in [-0.3, -0.25) is 4.79 Å². The van der Waals surface area contributed by atoms with Crippen LogP contribution in [0.25, 0.3) is 0 Å². The standard InChI is InChI=1S/C15H28N2O/c1-2-15(9-5-6-10-15)14(18)17-11-7-3-4-8-13(17)12-16/h13H,2-12,16H2,1H3. The highest BCUT2D eigenvalue weighted by atomic mass is 16.2. The summed E-state index contributed by atoms with van der Waals surface area (Å²) in [6.45, 7) is 3.74. The van der Waals surface area contributed by atoms with Gasteiger partial charge in [0, 0.05) is 24.5 Å². The molecule has 104 valence electrons. The first-order valence-corrected chi connectivity index (χ1v) is 7.74. The zero-order valence-electron chi connectivity index (χ0n) is 11.8. The van der Waals surface area contributed by atoms with Crippen molar-refractivity contribution in [3.05, 3.63) is 0 Å². The second-order valence-electron chi connectivity index (χ2n) is 6.08. The largest absolute Gasteiger partial charge is 0.338 e. The second-order valence-corrected chi connectivity index (χ2v) is 6.08. The topological polar surface area (TPSA) is 46.3 Å². The van der Waals surface area contributed by atoms with Crippen LogP contribution in [0.5, 0.6) is 0 Å². The summed E-state index contributed by atoms with van der Waals surface area (Å²) in [5.41, 5.74) is 5.85. The fourth-order valence-corrected chi connectivity index (χ4v) is 3.76. The Labute approximate surface area is 111 Å². The van der Waals surface area contributed by atoms with Gasteiger partial charge in [0.15, 0.2) is 0 Å². The summed E-state index contributed by atoms with van der Waals surface area (Å²) < 4.78 is 0. The first-order valence-electron chi connectivity index (χ1n) is 7.74. The molecule has 2 aliphatic rings. The van der Waals surface area contributed by atoms with E-state index in [2.05, 4.69) is 11.8 Å². The molecule has 0 aromatic heterocycles. The molecular weight excluding hydrogens is 224 g/mol. The summed E-state index contributed by atoms with van der Waals surface area (Å²) in [4.78, 5) is 15.1. The number of nitrogens with zero attached hydrogens (tertiary/aromatic N) is 1. The van der Waals surface area contributed by atoms with Gasteiger partial charge in [-0.15, -0.1) is 0 Å². The monoisotopic (exact) mass is 252 g/mol. The fraction of sp³-hybridized carbons (Fsp3) is 0.933. The molecule has 1 unspecified atom stereocenters. The first-order chi connectivity index (χ1) is 8.73. The van der Waals surface area contributed by atoms with E-state index in [1.54, 1.807) is 0 Å². The Kier molecular flexibility index (Phi) is 4.66. The maximum absolute atomic E-state index is 12.9. The summed E-state index contributed by atoms with van der Waals surface area (Å²) in [7, 11) is 0. The number of nitrogens with two attached hydrogens (primary N) is 1. The smallest absolute Gasteiger partial charge is 0.229 e. The van der Waals surface area contributed by atoms with Crippen LogP contribution < -0.4 is 5.73 Å². The van der Waals surface area contributed by atoms with Gasteiger partial charge in [0.2, 0.25) is 5.91 Å². The highest BCUT2D eigenvalue weighted by molar-refractivity contribution is 5.83. The maximum Gasteiger partial charge on any atom is 0.229 e. The number of likely N-dealkylation sites (tertiary alicyclic amines) is 1. The van der Waals surface area contributed by atoms with Gasteiger partial charge in [0.1, 0.15) is 0 Å². The summed E-state index contributed by atoms with van der Waals surface area (Å²) in [5.74, 6) is 0.417. The Morgan fingerprint density at radius 2 is 1.94 bits per heavy atom. The number of carbonyl (C=O) groups excluding carboxylic acids is 1. The lowest BCUT2D eigenvalue weighted by atomic mass is 9.81. The van der Waals surface area contributed by atoms with E-state index in [-0.39, 0.29) is 5.41 Å². The number of hydrogen-bond acceptors (Lipinski definition) is 2. The van der Waals surface area contributed by atoms with Crippen LogP contribution in [0.1, 0.15) is 64.7 Å². The van der Waals surface area contributed by atoms with Gasteiger partial charge in [-0.2, -0.15) is 0 Å². The predicted molar refractivity (Wildman–Crippen MR) is 74.2 cm³/mol. The van der Waals surface area contributed by atoms with E-state index in [9.17, 15) is 4.79 Å². The Morgan fingerprint density at radius 1 is 1.22 bits per heavy atom. The highest BCUT2D eigenvalue weighted by Crippen LogP contribution is 2.43. The molecule has 0 bridgehead atoms. The number of carbonyl (C=O) groups is 1. The van der Waals surface area contributed by atoms with Gasteiger partial charge in [-0.05, 0) is 32.1 Å². The summed E-state index contributed by atoms with van der Waals surface area (Å²) >= 11 is 0. The van der Waals surface area contributed by atoms with Gasteiger partial charge in [-0.25, -0.2) is 0 Å². The Hall–Kier alpha value is -0.570. The van der Waals surface area contributed by atoms with Crippen molar-refractivity contribution in [2.24, 2.45) is 11.1 Å². The van der Waals surface area contributed by atoms with Crippen molar-refractivity contribution in [1.29, 1.82) is 0 Å². The van der Waals surface area contributed by atoms with Crippen LogP contribution in [0.15, 0.2) is 0 Å². The molecule has 2 fully saturated rings. The average molecular weight is 252 g/mol. The molecule has 2 rings (SSSR count). The molecule has 0 aromatic carbocycles. The molecule has 1 heterocycles. The molecule has 1 amide bonds. The van der Waals surface area contributed by atoms with Crippen molar-refractivity contribution in [3.8, 4) is 0 Å². The quantitative estimate of drug-likeness (QED) is 0.839. The molecule has 1 atom stereocenters. The van der Waals surface area contributed by atoms with Crippen LogP contribution in [-0.2, 0) is 4.79 Å². The van der Waals surface area contributed by atoms with E-state index in [0.29, 0.717) is 18.5 Å². The Bertz CT molecular complexity index is 284. The van der Waals surface area contributed by atoms with Gasteiger partial charge in [0.05, 0.1) is 0 Å². The molecule has 1 aliphatic heterocycles. The van der Waals surface area contributed by atoms with Crippen LogP contribution in [0.3, 0.4) is 0 Å². The normalized spacial score (nSPS) is 28.1. The van der Waals surface area contributed by atoms with Crippen molar-refractivity contribution >= 4 is 5.91 Å². The minimum Gasteiger partial charge on any atom is -0.338 e. The Balaban J connectivity index is 2.13. The Morgan fingerprint density at radius 3 is 2.56 bits per heavy atom. The zero-order valence-corrected chi connectivity index (χ0v) is 11.8. The SMILES string of the molecule is CCC1(C(=O)N2CCCCCC2CN)CCCC1. The third-order valence-electron chi connectivity index (χ3n) is 5.10. The number of rotatable bonds is 3. The highest BCUT2D eigenvalue weighted by Gasteiger charge is 2.43. The molecule has 0 aromatic rings. The van der Waals surface area contributed by atoms with Crippen LogP contribution >= 0.6 is 0 Å². The first kappa shape index (κ1) is 13.9. The number of amides is 1. The molecular formula is C15H28N2O. The lowest BCUT2D eigenvalue weighted by molar-refractivity contribution is -0.144. The minimum atomic E-state index is -0.0439. The van der Waals surface area contributed by atoms with E-state index >= 15 is 0 Å². The molecule has 1 saturated carbocycles. The van der Waals surface area contributed by atoms with Crippen molar-refractivity contribution in [2.75, 3.05) is 13.1 Å². The van der Waals surface area contributed by atoms with E-state index in [0.717, 1.165) is 38.6 Å². The molecule has 3 nitrogen and oxygen atoms in total. The van der Waals surface area contributed by atoms with E-state index in [4.69, 9.17) is 5.73 Å². The summed E-state index contributed by atoms with van der Waals surface area (Å²) in [5, 5.41) is 0. The van der Waals surface area contributed by atoms with Crippen molar-refractivity contribution in [3.63, 3.8) is 0 Å². The summed E-state index contributed by atoms with van der Waals surface area (Å²) in [6.07, 6.45) is 10.4. The van der Waals surface area contributed by atoms with Crippen LogP contribution in [0.4, 0.5) is 0 Å². The van der Waals surface area contributed by atoms with E-state index in [1.165, 1.54) is 25.7 Å². The third kappa shape index (κ3) is 2.56. The van der Waals surface area contributed by atoms with Crippen LogP contribution in [0, 0.1) is 5.41 Å². The average Bonchev–Trinajstić information content (AvgIpc) is 2.77.